The summed E-state index contributed by atoms with van der Waals surface area (Å²) >= 11 is 0. The number of nitrogen functional groups attached to an aromatic ring is 1. The van der Waals surface area contributed by atoms with Crippen LogP contribution in [0.1, 0.15) is 11.1 Å². The van der Waals surface area contributed by atoms with Gasteiger partial charge in [0.2, 0.25) is 0 Å². The van der Waals surface area contributed by atoms with Crippen LogP contribution < -0.4 is 10.5 Å². The highest BCUT2D eigenvalue weighted by Gasteiger charge is 2.03. The molecule has 0 aliphatic rings. The summed E-state index contributed by atoms with van der Waals surface area (Å²) in [7, 11) is 0. The van der Waals surface area contributed by atoms with Crippen molar-refractivity contribution < 1.29 is 9.13 Å². The quantitative estimate of drug-likeness (QED) is 0.822. The summed E-state index contributed by atoms with van der Waals surface area (Å²) < 4.78 is 19.0. The molecule has 0 aromatic heterocycles. The van der Waals surface area contributed by atoms with Crippen molar-refractivity contribution in [3.8, 4) is 5.75 Å². The number of nitrogens with two attached hydrogens (primary N) is 1. The maximum absolute atomic E-state index is 13.5. The SMILES string of the molecule is Cc1cccc(OCc2ccc(N)cc2F)c1. The zero-order chi connectivity index (χ0) is 12.3. The highest BCUT2D eigenvalue weighted by Crippen LogP contribution is 2.17. The summed E-state index contributed by atoms with van der Waals surface area (Å²) in [6.07, 6.45) is 0. The topological polar surface area (TPSA) is 35.2 Å². The summed E-state index contributed by atoms with van der Waals surface area (Å²) in [6, 6.07) is 12.3. The van der Waals surface area contributed by atoms with Gasteiger partial charge in [-0.3, -0.25) is 0 Å². The Morgan fingerprint density at radius 1 is 1.18 bits per heavy atom. The maximum Gasteiger partial charge on any atom is 0.131 e. The molecule has 0 aliphatic carbocycles. The van der Waals surface area contributed by atoms with Crippen molar-refractivity contribution in [3.63, 3.8) is 0 Å². The van der Waals surface area contributed by atoms with Gasteiger partial charge in [0.05, 0.1) is 0 Å². The summed E-state index contributed by atoms with van der Waals surface area (Å²) in [4.78, 5) is 0. The normalized spacial score (nSPS) is 10.2. The Kier molecular flexibility index (Phi) is 3.28. The fourth-order valence-electron chi connectivity index (χ4n) is 1.55. The van der Waals surface area contributed by atoms with Gasteiger partial charge in [-0.25, -0.2) is 4.39 Å². The first kappa shape index (κ1) is 11.5. The summed E-state index contributed by atoms with van der Waals surface area (Å²) in [5.74, 6) is 0.402. The second-order valence-electron chi connectivity index (χ2n) is 3.96. The number of ether oxygens (including phenoxy) is 1. The van der Waals surface area contributed by atoms with E-state index in [0.29, 0.717) is 11.3 Å². The Morgan fingerprint density at radius 3 is 2.71 bits per heavy atom. The third-order valence-electron chi connectivity index (χ3n) is 2.46. The molecule has 0 atom stereocenters. The van der Waals surface area contributed by atoms with E-state index in [4.69, 9.17) is 10.5 Å². The molecule has 2 nitrogen and oxygen atoms in total. The average Bonchev–Trinajstić information content (AvgIpc) is 2.28. The molecule has 0 unspecified atom stereocenters. The highest BCUT2D eigenvalue weighted by atomic mass is 19.1. The molecule has 2 aromatic carbocycles. The second-order valence-corrected chi connectivity index (χ2v) is 3.96. The fraction of sp³-hybridized carbons (Fsp3) is 0.143. The minimum absolute atomic E-state index is 0.204. The van der Waals surface area contributed by atoms with E-state index in [-0.39, 0.29) is 12.4 Å². The van der Waals surface area contributed by atoms with Gasteiger partial charge in [-0.1, -0.05) is 18.2 Å². The lowest BCUT2D eigenvalue weighted by atomic mass is 10.2. The Labute approximate surface area is 99.8 Å². The molecule has 2 rings (SSSR count). The number of benzene rings is 2. The van der Waals surface area contributed by atoms with Crippen LogP contribution in [-0.2, 0) is 6.61 Å². The number of halogens is 1. The molecule has 88 valence electrons. The zero-order valence-corrected chi connectivity index (χ0v) is 9.61. The Bertz CT molecular complexity index is 525. The number of aryl methyl sites for hydroxylation is 1. The molecule has 0 fully saturated rings. The van der Waals surface area contributed by atoms with Gasteiger partial charge in [-0.2, -0.15) is 0 Å². The highest BCUT2D eigenvalue weighted by molar-refractivity contribution is 5.40. The first-order valence-corrected chi connectivity index (χ1v) is 5.38. The van der Waals surface area contributed by atoms with Crippen molar-refractivity contribution in [2.75, 3.05) is 5.73 Å². The molecule has 0 bridgehead atoms. The van der Waals surface area contributed by atoms with Crippen LogP contribution in [0.3, 0.4) is 0 Å². The van der Waals surface area contributed by atoms with Gasteiger partial charge in [0.15, 0.2) is 0 Å². The van der Waals surface area contributed by atoms with Gasteiger partial charge in [0, 0.05) is 11.3 Å². The largest absolute Gasteiger partial charge is 0.489 e. The van der Waals surface area contributed by atoms with Crippen molar-refractivity contribution in [2.24, 2.45) is 0 Å². The van der Waals surface area contributed by atoms with E-state index < -0.39 is 0 Å². The molecule has 0 aliphatic heterocycles. The first-order valence-electron chi connectivity index (χ1n) is 5.38. The van der Waals surface area contributed by atoms with Crippen LogP contribution in [0.4, 0.5) is 10.1 Å². The molecule has 0 saturated heterocycles. The van der Waals surface area contributed by atoms with E-state index in [0.717, 1.165) is 11.3 Å². The lowest BCUT2D eigenvalue weighted by Gasteiger charge is -2.08. The van der Waals surface area contributed by atoms with Crippen molar-refractivity contribution in [3.05, 3.63) is 59.4 Å². The second kappa shape index (κ2) is 4.87. The predicted molar refractivity (Wildman–Crippen MR) is 66.3 cm³/mol. The van der Waals surface area contributed by atoms with E-state index >= 15 is 0 Å². The lowest BCUT2D eigenvalue weighted by molar-refractivity contribution is 0.299. The van der Waals surface area contributed by atoms with E-state index in [9.17, 15) is 4.39 Å². The first-order chi connectivity index (χ1) is 8.15. The molecule has 0 amide bonds. The van der Waals surface area contributed by atoms with Gasteiger partial charge in [-0.15, -0.1) is 0 Å². The van der Waals surface area contributed by atoms with Gasteiger partial charge in [0.25, 0.3) is 0 Å². The third-order valence-corrected chi connectivity index (χ3v) is 2.46. The van der Waals surface area contributed by atoms with Gasteiger partial charge in [0.1, 0.15) is 18.2 Å². The van der Waals surface area contributed by atoms with E-state index in [1.54, 1.807) is 12.1 Å². The third kappa shape index (κ3) is 2.97. The lowest BCUT2D eigenvalue weighted by Crippen LogP contribution is -1.99. The fourth-order valence-corrected chi connectivity index (χ4v) is 1.55. The molecular formula is C14H14FNO. The van der Waals surface area contributed by atoms with Crippen LogP contribution in [0.25, 0.3) is 0 Å². The average molecular weight is 231 g/mol. The van der Waals surface area contributed by atoms with Crippen LogP contribution in [0, 0.1) is 12.7 Å². The molecule has 0 heterocycles. The van der Waals surface area contributed by atoms with E-state index in [1.165, 1.54) is 6.07 Å². The van der Waals surface area contributed by atoms with E-state index in [2.05, 4.69) is 0 Å². The monoisotopic (exact) mass is 231 g/mol. The van der Waals surface area contributed by atoms with Crippen LogP contribution in [-0.4, -0.2) is 0 Å². The Balaban J connectivity index is 2.07. The Hall–Kier alpha value is -2.03. The van der Waals surface area contributed by atoms with Crippen LogP contribution in [0.15, 0.2) is 42.5 Å². The predicted octanol–water partition coefficient (Wildman–Crippen LogP) is 3.30. The smallest absolute Gasteiger partial charge is 0.131 e. The van der Waals surface area contributed by atoms with Crippen LogP contribution in [0.5, 0.6) is 5.75 Å². The number of rotatable bonds is 3. The number of anilines is 1. The van der Waals surface area contributed by atoms with Crippen molar-refractivity contribution >= 4 is 5.69 Å². The van der Waals surface area contributed by atoms with Crippen molar-refractivity contribution in [1.82, 2.24) is 0 Å². The molecule has 2 aromatic rings. The zero-order valence-electron chi connectivity index (χ0n) is 9.61. The maximum atomic E-state index is 13.5. The van der Waals surface area contributed by atoms with Crippen molar-refractivity contribution in [2.45, 2.75) is 13.5 Å². The van der Waals surface area contributed by atoms with Crippen LogP contribution >= 0.6 is 0 Å². The minimum atomic E-state index is -0.336. The summed E-state index contributed by atoms with van der Waals surface area (Å²) in [5, 5.41) is 0. The molecule has 3 heteroatoms. The molecule has 0 radical (unpaired) electrons. The molecule has 0 spiro atoms. The minimum Gasteiger partial charge on any atom is -0.489 e. The Morgan fingerprint density at radius 2 is 2.00 bits per heavy atom. The van der Waals surface area contributed by atoms with Gasteiger partial charge >= 0.3 is 0 Å². The molecule has 2 N–H and O–H groups in total. The van der Waals surface area contributed by atoms with Crippen molar-refractivity contribution in [1.29, 1.82) is 0 Å². The van der Waals surface area contributed by atoms with E-state index in [1.807, 2.05) is 31.2 Å². The standard InChI is InChI=1S/C14H14FNO/c1-10-3-2-4-13(7-10)17-9-11-5-6-12(16)8-14(11)15/h2-8H,9,16H2,1H3. The van der Waals surface area contributed by atoms with Gasteiger partial charge < -0.3 is 10.5 Å². The molecular weight excluding hydrogens is 217 g/mol. The molecule has 0 saturated carbocycles. The number of hydrogen-bond donors (Lipinski definition) is 1. The number of hydrogen-bond acceptors (Lipinski definition) is 2. The van der Waals surface area contributed by atoms with Gasteiger partial charge in [-0.05, 0) is 36.8 Å². The van der Waals surface area contributed by atoms with Crippen LogP contribution in [0.2, 0.25) is 0 Å². The summed E-state index contributed by atoms with van der Waals surface area (Å²) in [5.41, 5.74) is 7.50. The molecule has 17 heavy (non-hydrogen) atoms. The summed E-state index contributed by atoms with van der Waals surface area (Å²) in [6.45, 7) is 2.19.